The molecule has 0 fully saturated rings. The third-order valence-corrected chi connectivity index (χ3v) is 3.07. The SMILES string of the molecule is COc1cccc(CNC[C@@H](O)c2ccccc2F)c1. The maximum absolute atomic E-state index is 13.5. The maximum atomic E-state index is 13.5. The lowest BCUT2D eigenvalue weighted by atomic mass is 10.1. The lowest BCUT2D eigenvalue weighted by molar-refractivity contribution is 0.169. The standard InChI is InChI=1S/C16H18FNO2/c1-20-13-6-4-5-12(9-13)10-18-11-16(19)14-7-2-3-8-15(14)17/h2-9,16,18-19H,10-11H2,1H3/t16-/m1/s1. The Hall–Kier alpha value is -1.91. The lowest BCUT2D eigenvalue weighted by Gasteiger charge is -2.13. The van der Waals surface area contributed by atoms with Crippen LogP contribution in [0.1, 0.15) is 17.2 Å². The Morgan fingerprint density at radius 2 is 2.00 bits per heavy atom. The Morgan fingerprint density at radius 3 is 2.75 bits per heavy atom. The van der Waals surface area contributed by atoms with Gasteiger partial charge in [-0.25, -0.2) is 4.39 Å². The van der Waals surface area contributed by atoms with Gasteiger partial charge in [0.25, 0.3) is 0 Å². The molecule has 0 bridgehead atoms. The highest BCUT2D eigenvalue weighted by atomic mass is 19.1. The molecule has 4 heteroatoms. The van der Waals surface area contributed by atoms with E-state index in [0.717, 1.165) is 11.3 Å². The first-order valence-corrected chi connectivity index (χ1v) is 6.47. The monoisotopic (exact) mass is 275 g/mol. The average Bonchev–Trinajstić information content (AvgIpc) is 2.48. The molecule has 2 rings (SSSR count). The van der Waals surface area contributed by atoms with Gasteiger partial charge in [-0.1, -0.05) is 30.3 Å². The predicted octanol–water partition coefficient (Wildman–Crippen LogP) is 2.66. The van der Waals surface area contributed by atoms with Crippen LogP contribution in [0, 0.1) is 5.82 Å². The van der Waals surface area contributed by atoms with E-state index in [2.05, 4.69) is 5.32 Å². The minimum atomic E-state index is -0.859. The van der Waals surface area contributed by atoms with Crippen LogP contribution >= 0.6 is 0 Å². The number of ether oxygens (including phenoxy) is 1. The van der Waals surface area contributed by atoms with Crippen LogP contribution in [-0.2, 0) is 6.54 Å². The van der Waals surface area contributed by atoms with Gasteiger partial charge in [-0.15, -0.1) is 0 Å². The van der Waals surface area contributed by atoms with Crippen LogP contribution < -0.4 is 10.1 Å². The van der Waals surface area contributed by atoms with Crippen molar-refractivity contribution in [3.8, 4) is 5.75 Å². The van der Waals surface area contributed by atoms with Crippen LogP contribution in [0.5, 0.6) is 5.75 Å². The van der Waals surface area contributed by atoms with E-state index in [9.17, 15) is 9.50 Å². The molecular weight excluding hydrogens is 257 g/mol. The molecule has 0 aliphatic heterocycles. The highest BCUT2D eigenvalue weighted by Gasteiger charge is 2.11. The Labute approximate surface area is 118 Å². The summed E-state index contributed by atoms with van der Waals surface area (Å²) < 4.78 is 18.6. The molecule has 20 heavy (non-hydrogen) atoms. The molecule has 0 spiro atoms. The van der Waals surface area contributed by atoms with Gasteiger partial charge in [-0.05, 0) is 23.8 Å². The number of halogens is 1. The van der Waals surface area contributed by atoms with Crippen molar-refractivity contribution in [2.45, 2.75) is 12.6 Å². The van der Waals surface area contributed by atoms with Gasteiger partial charge in [0.05, 0.1) is 13.2 Å². The molecule has 0 heterocycles. The largest absolute Gasteiger partial charge is 0.497 e. The molecule has 2 aromatic rings. The number of rotatable bonds is 6. The van der Waals surface area contributed by atoms with E-state index < -0.39 is 6.10 Å². The van der Waals surface area contributed by atoms with Crippen molar-refractivity contribution in [3.05, 3.63) is 65.5 Å². The van der Waals surface area contributed by atoms with Gasteiger partial charge < -0.3 is 15.2 Å². The van der Waals surface area contributed by atoms with Crippen molar-refractivity contribution in [2.75, 3.05) is 13.7 Å². The van der Waals surface area contributed by atoms with Crippen molar-refractivity contribution < 1.29 is 14.2 Å². The van der Waals surface area contributed by atoms with E-state index in [4.69, 9.17) is 4.74 Å². The number of hydrogen-bond donors (Lipinski definition) is 2. The average molecular weight is 275 g/mol. The minimum absolute atomic E-state index is 0.290. The molecule has 0 aromatic heterocycles. The summed E-state index contributed by atoms with van der Waals surface area (Å²) >= 11 is 0. The van der Waals surface area contributed by atoms with Gasteiger partial charge >= 0.3 is 0 Å². The maximum Gasteiger partial charge on any atom is 0.129 e. The number of aliphatic hydroxyl groups excluding tert-OH is 1. The fourth-order valence-corrected chi connectivity index (χ4v) is 1.99. The quantitative estimate of drug-likeness (QED) is 0.851. The van der Waals surface area contributed by atoms with Crippen molar-refractivity contribution in [3.63, 3.8) is 0 Å². The molecule has 1 atom stereocenters. The summed E-state index contributed by atoms with van der Waals surface area (Å²) in [6.45, 7) is 0.876. The summed E-state index contributed by atoms with van der Waals surface area (Å²) in [6, 6.07) is 13.9. The van der Waals surface area contributed by atoms with E-state index in [1.54, 1.807) is 25.3 Å². The molecule has 2 N–H and O–H groups in total. The van der Waals surface area contributed by atoms with Gasteiger partial charge in [-0.2, -0.15) is 0 Å². The number of benzene rings is 2. The summed E-state index contributed by atoms with van der Waals surface area (Å²) in [5.74, 6) is 0.405. The Kier molecular flexibility index (Phi) is 5.09. The number of hydrogen-bond acceptors (Lipinski definition) is 3. The molecule has 0 aliphatic rings. The van der Waals surface area contributed by atoms with Crippen molar-refractivity contribution >= 4 is 0 Å². The fraction of sp³-hybridized carbons (Fsp3) is 0.250. The molecule has 106 valence electrons. The van der Waals surface area contributed by atoms with Gasteiger partial charge in [-0.3, -0.25) is 0 Å². The fourth-order valence-electron chi connectivity index (χ4n) is 1.99. The molecule has 0 unspecified atom stereocenters. The van der Waals surface area contributed by atoms with E-state index in [-0.39, 0.29) is 12.4 Å². The Bertz CT molecular complexity index is 560. The second kappa shape index (κ2) is 7.03. The van der Waals surface area contributed by atoms with Crippen molar-refractivity contribution in [2.24, 2.45) is 0 Å². The van der Waals surface area contributed by atoms with Gasteiger partial charge in [0, 0.05) is 18.7 Å². The Balaban J connectivity index is 1.88. The number of aliphatic hydroxyl groups is 1. The van der Waals surface area contributed by atoms with E-state index in [0.29, 0.717) is 12.1 Å². The van der Waals surface area contributed by atoms with Gasteiger partial charge in [0.2, 0.25) is 0 Å². The highest BCUT2D eigenvalue weighted by molar-refractivity contribution is 5.28. The van der Waals surface area contributed by atoms with Crippen LogP contribution in [-0.4, -0.2) is 18.8 Å². The summed E-state index contributed by atoms with van der Waals surface area (Å²) in [5, 5.41) is 13.1. The normalized spacial score (nSPS) is 12.2. The summed E-state index contributed by atoms with van der Waals surface area (Å²) in [6.07, 6.45) is -0.859. The highest BCUT2D eigenvalue weighted by Crippen LogP contribution is 2.16. The topological polar surface area (TPSA) is 41.5 Å². The summed E-state index contributed by atoms with van der Waals surface area (Å²) in [7, 11) is 1.62. The summed E-state index contributed by atoms with van der Waals surface area (Å²) in [5.41, 5.74) is 1.36. The first-order valence-electron chi connectivity index (χ1n) is 6.47. The first-order chi connectivity index (χ1) is 9.70. The zero-order chi connectivity index (χ0) is 14.4. The number of methoxy groups -OCH3 is 1. The van der Waals surface area contributed by atoms with E-state index in [1.165, 1.54) is 6.07 Å². The zero-order valence-corrected chi connectivity index (χ0v) is 11.3. The van der Waals surface area contributed by atoms with Crippen LogP contribution in [0.15, 0.2) is 48.5 Å². The van der Waals surface area contributed by atoms with Crippen molar-refractivity contribution in [1.29, 1.82) is 0 Å². The van der Waals surface area contributed by atoms with Crippen LogP contribution in [0.25, 0.3) is 0 Å². The van der Waals surface area contributed by atoms with Gasteiger partial charge in [0.15, 0.2) is 0 Å². The lowest BCUT2D eigenvalue weighted by Crippen LogP contribution is -2.21. The first kappa shape index (κ1) is 14.5. The van der Waals surface area contributed by atoms with Crippen LogP contribution in [0.3, 0.4) is 0 Å². The molecule has 0 radical (unpaired) electrons. The summed E-state index contributed by atoms with van der Waals surface area (Å²) in [4.78, 5) is 0. The zero-order valence-electron chi connectivity index (χ0n) is 11.3. The third kappa shape index (κ3) is 3.79. The second-order valence-electron chi connectivity index (χ2n) is 4.52. The molecule has 3 nitrogen and oxygen atoms in total. The van der Waals surface area contributed by atoms with Crippen LogP contribution in [0.4, 0.5) is 4.39 Å². The van der Waals surface area contributed by atoms with Crippen molar-refractivity contribution in [1.82, 2.24) is 5.32 Å². The smallest absolute Gasteiger partial charge is 0.129 e. The van der Waals surface area contributed by atoms with E-state index in [1.807, 2.05) is 24.3 Å². The predicted molar refractivity (Wildman–Crippen MR) is 76.1 cm³/mol. The molecule has 0 aliphatic carbocycles. The van der Waals surface area contributed by atoms with Crippen LogP contribution in [0.2, 0.25) is 0 Å². The molecule has 0 amide bonds. The molecule has 2 aromatic carbocycles. The van der Waals surface area contributed by atoms with E-state index >= 15 is 0 Å². The number of nitrogens with one attached hydrogen (secondary N) is 1. The second-order valence-corrected chi connectivity index (χ2v) is 4.52. The Morgan fingerprint density at radius 1 is 1.20 bits per heavy atom. The minimum Gasteiger partial charge on any atom is -0.497 e. The van der Waals surface area contributed by atoms with Gasteiger partial charge in [0.1, 0.15) is 11.6 Å². The molecular formula is C16H18FNO2. The molecule has 0 saturated carbocycles. The third-order valence-electron chi connectivity index (χ3n) is 3.07. The molecule has 0 saturated heterocycles.